The Labute approximate surface area is 224 Å². The van der Waals surface area contributed by atoms with E-state index in [0.29, 0.717) is 52.7 Å². The van der Waals surface area contributed by atoms with E-state index < -0.39 is 11.9 Å². The molecule has 0 aliphatic heterocycles. The minimum atomic E-state index is -0.950. The Bertz CT molecular complexity index is 1660. The van der Waals surface area contributed by atoms with E-state index in [4.69, 9.17) is 4.74 Å². The Morgan fingerprint density at radius 2 is 1.87 bits per heavy atom. The zero-order chi connectivity index (χ0) is 27.5. The maximum atomic E-state index is 16.1. The minimum absolute atomic E-state index is 0.0157. The molecule has 5 aromatic rings. The van der Waals surface area contributed by atoms with Gasteiger partial charge in [0.15, 0.2) is 5.82 Å². The van der Waals surface area contributed by atoms with Crippen molar-refractivity contribution in [2.45, 2.75) is 25.9 Å². The van der Waals surface area contributed by atoms with Gasteiger partial charge in [-0.3, -0.25) is 0 Å². The number of aromatic nitrogens is 3. The number of ether oxygens (including phenoxy) is 1. The molecule has 3 N–H and O–H groups in total. The molecule has 0 saturated carbocycles. The summed E-state index contributed by atoms with van der Waals surface area (Å²) in [7, 11) is 1.41. The molecular weight excluding hydrogens is 502 g/mol. The highest BCUT2D eigenvalue weighted by molar-refractivity contribution is 6.01. The predicted octanol–water partition coefficient (Wildman–Crippen LogP) is 5.37. The lowest BCUT2D eigenvalue weighted by molar-refractivity contribution is 0.0955. The molecule has 0 spiro atoms. The van der Waals surface area contributed by atoms with Gasteiger partial charge >= 0.3 is 6.01 Å². The van der Waals surface area contributed by atoms with Crippen molar-refractivity contribution in [1.82, 2.24) is 15.0 Å². The lowest BCUT2D eigenvalue weighted by Crippen LogP contribution is -2.10. The van der Waals surface area contributed by atoms with Crippen LogP contribution in [0.1, 0.15) is 29.7 Å². The van der Waals surface area contributed by atoms with Crippen molar-refractivity contribution in [3.8, 4) is 17.3 Å². The normalized spacial score (nSPS) is 12.2. The quantitative estimate of drug-likeness (QED) is 0.235. The zero-order valence-electron chi connectivity index (χ0n) is 21.6. The number of aryl methyl sites for hydroxylation is 1. The van der Waals surface area contributed by atoms with Gasteiger partial charge in [-0.2, -0.15) is 4.98 Å². The second kappa shape index (κ2) is 11.3. The number of aliphatic hydroxyl groups is 2. The fraction of sp³-hybridized carbons (Fsp3) is 0.233. The monoisotopic (exact) mass is 530 g/mol. The first-order chi connectivity index (χ1) is 18.9. The number of anilines is 1. The summed E-state index contributed by atoms with van der Waals surface area (Å²) in [5.74, 6) is -0.627. The van der Waals surface area contributed by atoms with Gasteiger partial charge in [-0.15, -0.1) is 0 Å². The predicted molar refractivity (Wildman–Crippen MR) is 147 cm³/mol. The van der Waals surface area contributed by atoms with Crippen molar-refractivity contribution in [3.63, 3.8) is 0 Å². The van der Waals surface area contributed by atoms with Crippen LogP contribution in [0.2, 0.25) is 0 Å². The molecular formula is C30H28F2N4O3. The van der Waals surface area contributed by atoms with E-state index in [1.807, 2.05) is 31.2 Å². The SMILES string of the molecule is CCc1c(F)ccc2cccc(-c3nc(NCCc4cccc(C(O)CO)c4)c4cnc(OC)nc4c3F)c12. The van der Waals surface area contributed by atoms with Gasteiger partial charge in [0.05, 0.1) is 19.1 Å². The summed E-state index contributed by atoms with van der Waals surface area (Å²) in [5, 5.41) is 24.3. The van der Waals surface area contributed by atoms with Crippen LogP contribution in [0.4, 0.5) is 14.6 Å². The molecule has 0 amide bonds. The third-order valence-electron chi connectivity index (χ3n) is 6.76. The molecule has 1 atom stereocenters. The summed E-state index contributed by atoms with van der Waals surface area (Å²) in [5.41, 5.74) is 2.60. The average Bonchev–Trinajstić information content (AvgIpc) is 2.97. The summed E-state index contributed by atoms with van der Waals surface area (Å²) in [6.07, 6.45) is 1.51. The Kier molecular flexibility index (Phi) is 7.63. The molecule has 0 radical (unpaired) electrons. The lowest BCUT2D eigenvalue weighted by atomic mass is 9.95. The van der Waals surface area contributed by atoms with E-state index in [2.05, 4.69) is 20.3 Å². The first-order valence-corrected chi connectivity index (χ1v) is 12.7. The van der Waals surface area contributed by atoms with Crippen molar-refractivity contribution in [2.75, 3.05) is 25.6 Å². The molecule has 0 fully saturated rings. The molecule has 0 aliphatic carbocycles. The van der Waals surface area contributed by atoms with E-state index in [9.17, 15) is 14.6 Å². The summed E-state index contributed by atoms with van der Waals surface area (Å²) in [6.45, 7) is 1.93. The molecule has 0 saturated heterocycles. The molecule has 200 valence electrons. The van der Waals surface area contributed by atoms with E-state index in [1.165, 1.54) is 19.4 Å². The Morgan fingerprint density at radius 1 is 1.05 bits per heavy atom. The van der Waals surface area contributed by atoms with Gasteiger partial charge in [-0.25, -0.2) is 18.7 Å². The zero-order valence-corrected chi connectivity index (χ0v) is 21.6. The number of hydrogen-bond donors (Lipinski definition) is 3. The van der Waals surface area contributed by atoms with Gasteiger partial charge in [0.2, 0.25) is 0 Å². The van der Waals surface area contributed by atoms with E-state index in [0.717, 1.165) is 10.9 Å². The van der Waals surface area contributed by atoms with Gasteiger partial charge in [0.1, 0.15) is 28.9 Å². The number of benzene rings is 3. The number of hydrogen-bond acceptors (Lipinski definition) is 7. The highest BCUT2D eigenvalue weighted by atomic mass is 19.1. The summed E-state index contributed by atoms with van der Waals surface area (Å²) in [6, 6.07) is 15.8. The van der Waals surface area contributed by atoms with Crippen LogP contribution in [0.3, 0.4) is 0 Å². The highest BCUT2D eigenvalue weighted by Crippen LogP contribution is 2.37. The van der Waals surface area contributed by atoms with Gasteiger partial charge < -0.3 is 20.3 Å². The lowest BCUT2D eigenvalue weighted by Gasteiger charge is -2.16. The number of nitrogens with one attached hydrogen (secondary N) is 1. The summed E-state index contributed by atoms with van der Waals surface area (Å²) >= 11 is 0. The van der Waals surface area contributed by atoms with Crippen LogP contribution in [-0.4, -0.2) is 45.4 Å². The summed E-state index contributed by atoms with van der Waals surface area (Å²) in [4.78, 5) is 13.1. The van der Waals surface area contributed by atoms with Crippen molar-refractivity contribution >= 4 is 27.5 Å². The van der Waals surface area contributed by atoms with Crippen molar-refractivity contribution in [1.29, 1.82) is 0 Å². The van der Waals surface area contributed by atoms with Crippen LogP contribution < -0.4 is 10.1 Å². The van der Waals surface area contributed by atoms with Crippen LogP contribution in [0.5, 0.6) is 6.01 Å². The molecule has 0 bridgehead atoms. The van der Waals surface area contributed by atoms with Crippen LogP contribution in [0.25, 0.3) is 32.9 Å². The smallest absolute Gasteiger partial charge is 0.316 e. The minimum Gasteiger partial charge on any atom is -0.467 e. The first-order valence-electron chi connectivity index (χ1n) is 12.7. The molecule has 9 heteroatoms. The average molecular weight is 531 g/mol. The number of halogens is 2. The van der Waals surface area contributed by atoms with Gasteiger partial charge in [-0.05, 0) is 46.4 Å². The van der Waals surface area contributed by atoms with Gasteiger partial charge in [0.25, 0.3) is 0 Å². The van der Waals surface area contributed by atoms with Crippen LogP contribution >= 0.6 is 0 Å². The molecule has 2 heterocycles. The van der Waals surface area contributed by atoms with Crippen molar-refractivity contribution in [3.05, 3.63) is 89.1 Å². The number of aliphatic hydroxyl groups excluding tert-OH is 2. The Morgan fingerprint density at radius 3 is 2.64 bits per heavy atom. The second-order valence-electron chi connectivity index (χ2n) is 9.15. The second-order valence-corrected chi connectivity index (χ2v) is 9.15. The van der Waals surface area contributed by atoms with Crippen LogP contribution in [0.15, 0.2) is 60.8 Å². The Hall–Kier alpha value is -4.21. The highest BCUT2D eigenvalue weighted by Gasteiger charge is 2.21. The third kappa shape index (κ3) is 5.10. The molecule has 7 nitrogen and oxygen atoms in total. The number of nitrogens with zero attached hydrogens (tertiary/aromatic N) is 3. The van der Waals surface area contributed by atoms with Crippen molar-refractivity contribution in [2.24, 2.45) is 0 Å². The van der Waals surface area contributed by atoms with Crippen LogP contribution in [-0.2, 0) is 12.8 Å². The summed E-state index contributed by atoms with van der Waals surface area (Å²) < 4.78 is 36.0. The Balaban J connectivity index is 1.60. The number of pyridine rings is 1. The van der Waals surface area contributed by atoms with E-state index in [-0.39, 0.29) is 29.6 Å². The molecule has 0 aliphatic rings. The number of methoxy groups -OCH3 is 1. The first kappa shape index (κ1) is 26.4. The van der Waals surface area contributed by atoms with E-state index in [1.54, 1.807) is 24.3 Å². The van der Waals surface area contributed by atoms with Crippen LogP contribution in [0, 0.1) is 11.6 Å². The standard InChI is InChI=1S/C30H28F2N4O3/c1-3-20-23(31)11-10-18-7-5-9-21(25(18)20)27-26(32)28-22(15-34-30(36-28)39-2)29(35-27)33-13-12-17-6-4-8-19(14-17)24(38)16-37/h4-11,14-15,24,37-38H,3,12-13,16H2,1-2H3,(H,33,35). The van der Waals surface area contributed by atoms with Gasteiger partial charge in [-0.1, -0.05) is 55.5 Å². The van der Waals surface area contributed by atoms with Crippen molar-refractivity contribution < 1.29 is 23.7 Å². The fourth-order valence-corrected chi connectivity index (χ4v) is 4.81. The third-order valence-corrected chi connectivity index (χ3v) is 6.76. The molecule has 1 unspecified atom stereocenters. The molecule has 3 aromatic carbocycles. The number of rotatable bonds is 9. The molecule has 39 heavy (non-hydrogen) atoms. The molecule has 2 aromatic heterocycles. The maximum absolute atomic E-state index is 16.1. The largest absolute Gasteiger partial charge is 0.467 e. The van der Waals surface area contributed by atoms with Gasteiger partial charge in [0, 0.05) is 18.3 Å². The number of fused-ring (bicyclic) bond motifs is 2. The topological polar surface area (TPSA) is 100 Å². The maximum Gasteiger partial charge on any atom is 0.316 e. The van der Waals surface area contributed by atoms with E-state index >= 15 is 4.39 Å². The molecule has 5 rings (SSSR count). The fourth-order valence-electron chi connectivity index (χ4n) is 4.81.